The molecule has 1 saturated heterocycles. The number of hydrogen-bond acceptors (Lipinski definition) is 2. The molecule has 0 radical (unpaired) electrons. The van der Waals surface area contributed by atoms with Gasteiger partial charge in [0, 0.05) is 11.6 Å². The van der Waals surface area contributed by atoms with E-state index in [0.29, 0.717) is 30.4 Å². The second-order valence-electron chi connectivity index (χ2n) is 7.34. The number of halogens is 5. The highest BCUT2D eigenvalue weighted by Gasteiger charge is 2.23. The van der Waals surface area contributed by atoms with Gasteiger partial charge in [0.25, 0.3) is 6.43 Å². The lowest BCUT2D eigenvalue weighted by atomic mass is 9.91. The summed E-state index contributed by atoms with van der Waals surface area (Å²) < 4.78 is 77.8. The van der Waals surface area contributed by atoms with Crippen molar-refractivity contribution in [3.63, 3.8) is 0 Å². The predicted molar refractivity (Wildman–Crippen MR) is 104 cm³/mol. The van der Waals surface area contributed by atoms with Gasteiger partial charge < -0.3 is 9.47 Å². The van der Waals surface area contributed by atoms with E-state index >= 15 is 0 Å². The first-order valence-corrected chi connectivity index (χ1v) is 9.91. The summed E-state index contributed by atoms with van der Waals surface area (Å²) in [6, 6.07) is 6.27. The molecule has 0 saturated carbocycles. The topological polar surface area (TPSA) is 18.5 Å². The van der Waals surface area contributed by atoms with Crippen LogP contribution in [0.15, 0.2) is 42.7 Å². The van der Waals surface area contributed by atoms with E-state index in [-0.39, 0.29) is 17.2 Å². The molecule has 0 N–H and O–H groups in total. The van der Waals surface area contributed by atoms with Crippen molar-refractivity contribution in [2.75, 3.05) is 6.61 Å². The molecule has 2 nitrogen and oxygen atoms in total. The van der Waals surface area contributed by atoms with Crippen molar-refractivity contribution in [3.05, 3.63) is 65.7 Å². The van der Waals surface area contributed by atoms with Crippen LogP contribution in [0.1, 0.15) is 44.3 Å². The minimum Gasteiger partial charge on any atom is -0.459 e. The standard InChI is InChI=1S/C23H23F5O2/c1-2-3-14-4-7-21(30-13-14)15-5-6-17(18(24)10-15)16-11-19(25)23(20(26)12-16)29-9-8-22(27)28/h5-6,8-12,14,21-22H,2-4,7,13H2,1H3/b9-8+. The molecule has 1 aliphatic heterocycles. The summed E-state index contributed by atoms with van der Waals surface area (Å²) in [6.07, 6.45) is 1.86. The van der Waals surface area contributed by atoms with E-state index < -0.39 is 29.6 Å². The maximum Gasteiger partial charge on any atom is 0.260 e. The van der Waals surface area contributed by atoms with Crippen molar-refractivity contribution in [2.45, 2.75) is 45.1 Å². The average Bonchev–Trinajstić information content (AvgIpc) is 2.70. The fourth-order valence-electron chi connectivity index (χ4n) is 3.67. The van der Waals surface area contributed by atoms with E-state index in [9.17, 15) is 22.0 Å². The first-order valence-electron chi connectivity index (χ1n) is 9.91. The van der Waals surface area contributed by atoms with Crippen LogP contribution in [0.25, 0.3) is 11.1 Å². The highest BCUT2D eigenvalue weighted by Crippen LogP contribution is 2.35. The Balaban J connectivity index is 1.77. The van der Waals surface area contributed by atoms with Crippen molar-refractivity contribution in [1.29, 1.82) is 0 Å². The maximum absolute atomic E-state index is 14.7. The predicted octanol–water partition coefficient (Wildman–Crippen LogP) is 7.20. The third kappa shape index (κ3) is 5.39. The van der Waals surface area contributed by atoms with Crippen molar-refractivity contribution >= 4 is 0 Å². The van der Waals surface area contributed by atoms with E-state index in [1.165, 1.54) is 12.1 Å². The number of benzene rings is 2. The molecule has 0 aromatic heterocycles. The van der Waals surface area contributed by atoms with Crippen LogP contribution in [-0.4, -0.2) is 13.0 Å². The molecule has 0 bridgehead atoms. The molecular formula is C23H23F5O2. The molecule has 162 valence electrons. The van der Waals surface area contributed by atoms with Gasteiger partial charge >= 0.3 is 0 Å². The monoisotopic (exact) mass is 426 g/mol. The van der Waals surface area contributed by atoms with Crippen molar-refractivity contribution in [2.24, 2.45) is 5.92 Å². The number of ether oxygens (including phenoxy) is 2. The average molecular weight is 426 g/mol. The highest BCUT2D eigenvalue weighted by molar-refractivity contribution is 5.66. The fraction of sp³-hybridized carbons (Fsp3) is 0.391. The minimum absolute atomic E-state index is 0.0193. The molecular weight excluding hydrogens is 403 g/mol. The summed E-state index contributed by atoms with van der Waals surface area (Å²) >= 11 is 0. The molecule has 1 heterocycles. The van der Waals surface area contributed by atoms with Crippen LogP contribution in [0.4, 0.5) is 22.0 Å². The molecule has 1 fully saturated rings. The fourth-order valence-corrected chi connectivity index (χ4v) is 3.67. The lowest BCUT2D eigenvalue weighted by molar-refractivity contribution is -0.0195. The number of alkyl halides is 2. The van der Waals surface area contributed by atoms with Gasteiger partial charge in [0.05, 0.1) is 19.0 Å². The van der Waals surface area contributed by atoms with Gasteiger partial charge in [-0.25, -0.2) is 22.0 Å². The SMILES string of the molecule is CCCC1CCC(c2ccc(-c3cc(F)c(O/C=C/C(F)F)c(F)c3)c(F)c2)OC1. The van der Waals surface area contributed by atoms with Crippen LogP contribution >= 0.6 is 0 Å². The smallest absolute Gasteiger partial charge is 0.260 e. The molecule has 30 heavy (non-hydrogen) atoms. The zero-order chi connectivity index (χ0) is 21.7. The number of allylic oxidation sites excluding steroid dienone is 1. The Labute approximate surface area is 172 Å². The van der Waals surface area contributed by atoms with Gasteiger partial charge in [-0.15, -0.1) is 0 Å². The summed E-state index contributed by atoms with van der Waals surface area (Å²) in [5.41, 5.74) is 0.682. The van der Waals surface area contributed by atoms with Crippen LogP contribution in [0.2, 0.25) is 0 Å². The van der Waals surface area contributed by atoms with Gasteiger partial charge in [0.15, 0.2) is 17.4 Å². The first-order chi connectivity index (χ1) is 14.4. The van der Waals surface area contributed by atoms with Gasteiger partial charge in [-0.05, 0) is 54.5 Å². The van der Waals surface area contributed by atoms with E-state index in [4.69, 9.17) is 4.74 Å². The highest BCUT2D eigenvalue weighted by atomic mass is 19.3. The first kappa shape index (κ1) is 22.3. The third-order valence-electron chi connectivity index (χ3n) is 5.15. The van der Waals surface area contributed by atoms with E-state index in [1.54, 1.807) is 6.07 Å². The Bertz CT molecular complexity index is 866. The van der Waals surface area contributed by atoms with Crippen LogP contribution in [0.3, 0.4) is 0 Å². The zero-order valence-corrected chi connectivity index (χ0v) is 16.5. The quantitative estimate of drug-likeness (QED) is 0.344. The van der Waals surface area contributed by atoms with E-state index in [0.717, 1.165) is 37.8 Å². The molecule has 7 heteroatoms. The molecule has 3 rings (SSSR count). The Morgan fingerprint density at radius 1 is 1.07 bits per heavy atom. The zero-order valence-electron chi connectivity index (χ0n) is 16.5. The maximum atomic E-state index is 14.7. The van der Waals surface area contributed by atoms with Crippen LogP contribution in [-0.2, 0) is 4.74 Å². The number of rotatable bonds is 7. The molecule has 0 aliphatic carbocycles. The summed E-state index contributed by atoms with van der Waals surface area (Å²) in [7, 11) is 0. The lowest BCUT2D eigenvalue weighted by Gasteiger charge is -2.29. The van der Waals surface area contributed by atoms with Gasteiger partial charge in [-0.1, -0.05) is 25.5 Å². The summed E-state index contributed by atoms with van der Waals surface area (Å²) in [5, 5.41) is 0. The minimum atomic E-state index is -2.81. The largest absolute Gasteiger partial charge is 0.459 e. The lowest BCUT2D eigenvalue weighted by Crippen LogP contribution is -2.20. The van der Waals surface area contributed by atoms with Crippen molar-refractivity contribution in [3.8, 4) is 16.9 Å². The molecule has 0 spiro atoms. The van der Waals surface area contributed by atoms with Crippen LogP contribution in [0.5, 0.6) is 5.75 Å². The Morgan fingerprint density at radius 2 is 1.80 bits per heavy atom. The molecule has 2 atom stereocenters. The van der Waals surface area contributed by atoms with Gasteiger partial charge in [0.1, 0.15) is 5.82 Å². The molecule has 2 aromatic carbocycles. The van der Waals surface area contributed by atoms with Crippen LogP contribution < -0.4 is 4.74 Å². The molecule has 2 aromatic rings. The second kappa shape index (κ2) is 10.1. The van der Waals surface area contributed by atoms with E-state index in [1.807, 2.05) is 0 Å². The van der Waals surface area contributed by atoms with Gasteiger partial charge in [0.2, 0.25) is 0 Å². The summed E-state index contributed by atoms with van der Waals surface area (Å²) in [6.45, 7) is 2.77. The second-order valence-corrected chi connectivity index (χ2v) is 7.34. The molecule has 2 unspecified atom stereocenters. The normalized spacial score (nSPS) is 19.6. The van der Waals surface area contributed by atoms with Gasteiger partial charge in [-0.3, -0.25) is 0 Å². The van der Waals surface area contributed by atoms with Crippen LogP contribution in [0, 0.1) is 23.4 Å². The Hall–Kier alpha value is -2.41. The molecule has 1 aliphatic rings. The summed E-state index contributed by atoms with van der Waals surface area (Å²) in [4.78, 5) is 0. The Morgan fingerprint density at radius 3 is 2.37 bits per heavy atom. The van der Waals surface area contributed by atoms with Crippen molar-refractivity contribution in [1.82, 2.24) is 0 Å². The van der Waals surface area contributed by atoms with Crippen molar-refractivity contribution < 1.29 is 31.4 Å². The van der Waals surface area contributed by atoms with E-state index in [2.05, 4.69) is 11.7 Å². The number of hydrogen-bond donors (Lipinski definition) is 0. The summed E-state index contributed by atoms with van der Waals surface area (Å²) in [5.74, 6) is -3.17. The third-order valence-corrected chi connectivity index (χ3v) is 5.15. The Kier molecular flexibility index (Phi) is 7.48. The van der Waals surface area contributed by atoms with Gasteiger partial charge in [-0.2, -0.15) is 0 Å². The molecule has 0 amide bonds.